The van der Waals surface area contributed by atoms with Crippen molar-refractivity contribution in [2.45, 2.75) is 32.7 Å². The van der Waals surface area contributed by atoms with Crippen molar-refractivity contribution < 1.29 is 0 Å². The van der Waals surface area contributed by atoms with Crippen molar-refractivity contribution in [3.63, 3.8) is 0 Å². The van der Waals surface area contributed by atoms with Gasteiger partial charge in [0.2, 0.25) is 0 Å². The van der Waals surface area contributed by atoms with Crippen LogP contribution in [0.15, 0.2) is 11.0 Å². The largest absolute Gasteiger partial charge is 0.368 e. The topological polar surface area (TPSA) is 46.9 Å². The molecule has 1 aliphatic carbocycles. The van der Waals surface area contributed by atoms with Gasteiger partial charge in [-0.25, -0.2) is 4.68 Å². The Morgan fingerprint density at radius 3 is 3.00 bits per heavy atom. The first-order chi connectivity index (χ1) is 8.72. The van der Waals surface area contributed by atoms with E-state index in [1.807, 2.05) is 0 Å². The number of halogens is 1. The molecule has 0 radical (unpaired) electrons. The molecule has 1 fully saturated rings. The summed E-state index contributed by atoms with van der Waals surface area (Å²) in [5.41, 5.74) is 0.237. The molecule has 18 heavy (non-hydrogen) atoms. The number of hydrogen-bond donors (Lipinski definition) is 1. The summed E-state index contributed by atoms with van der Waals surface area (Å²) >= 11 is 5.98. The molecule has 0 amide bonds. The Hall–Kier alpha value is -1.47. The lowest BCUT2D eigenvalue weighted by molar-refractivity contribution is 0.262. The summed E-state index contributed by atoms with van der Waals surface area (Å²) in [6.45, 7) is 2.85. The molecule has 0 atom stereocenters. The van der Waals surface area contributed by atoms with Crippen LogP contribution in [-0.2, 0) is 6.54 Å². The second kappa shape index (κ2) is 5.92. The monoisotopic (exact) mass is 265 g/mol. The Labute approximate surface area is 111 Å². The van der Waals surface area contributed by atoms with Gasteiger partial charge in [-0.1, -0.05) is 23.9 Å². The van der Waals surface area contributed by atoms with Gasteiger partial charge in [-0.3, -0.25) is 4.79 Å². The zero-order valence-electron chi connectivity index (χ0n) is 10.4. The summed E-state index contributed by atoms with van der Waals surface area (Å²) in [6.07, 6.45) is 5.13. The highest BCUT2D eigenvalue weighted by molar-refractivity contribution is 6.33. The fraction of sp³-hybridized carbons (Fsp3) is 0.538. The van der Waals surface area contributed by atoms with Crippen molar-refractivity contribution in [1.82, 2.24) is 9.78 Å². The van der Waals surface area contributed by atoms with Gasteiger partial charge >= 0.3 is 0 Å². The van der Waals surface area contributed by atoms with Gasteiger partial charge in [-0.15, -0.1) is 5.92 Å². The average molecular weight is 266 g/mol. The van der Waals surface area contributed by atoms with Crippen molar-refractivity contribution in [2.24, 2.45) is 5.92 Å². The Balaban J connectivity index is 2.17. The fourth-order valence-corrected chi connectivity index (χ4v) is 2.09. The highest BCUT2D eigenvalue weighted by atomic mass is 35.5. The number of aromatic nitrogens is 2. The van der Waals surface area contributed by atoms with Gasteiger partial charge in [0, 0.05) is 6.54 Å². The van der Waals surface area contributed by atoms with E-state index in [1.165, 1.54) is 30.1 Å². The Morgan fingerprint density at radius 1 is 1.61 bits per heavy atom. The molecule has 0 unspecified atom stereocenters. The van der Waals surface area contributed by atoms with E-state index in [1.54, 1.807) is 6.92 Å². The van der Waals surface area contributed by atoms with Crippen LogP contribution >= 0.6 is 11.6 Å². The van der Waals surface area contributed by atoms with E-state index in [9.17, 15) is 4.79 Å². The first-order valence-corrected chi connectivity index (χ1v) is 6.49. The summed E-state index contributed by atoms with van der Waals surface area (Å²) in [6, 6.07) is 0. The molecular weight excluding hydrogens is 250 g/mol. The first kappa shape index (κ1) is 13.0. The minimum atomic E-state index is -0.160. The molecule has 1 aromatic rings. The minimum absolute atomic E-state index is 0.160. The molecule has 1 aromatic heterocycles. The van der Waals surface area contributed by atoms with Gasteiger partial charge in [0.05, 0.1) is 17.8 Å². The minimum Gasteiger partial charge on any atom is -0.368 e. The molecule has 0 bridgehead atoms. The molecule has 1 N–H and O–H groups in total. The lowest BCUT2D eigenvalue weighted by Crippen LogP contribution is -2.30. The molecule has 1 aliphatic rings. The van der Waals surface area contributed by atoms with Crippen molar-refractivity contribution in [1.29, 1.82) is 0 Å². The van der Waals surface area contributed by atoms with E-state index in [0.717, 1.165) is 0 Å². The van der Waals surface area contributed by atoms with Crippen molar-refractivity contribution in [3.05, 3.63) is 21.6 Å². The van der Waals surface area contributed by atoms with Crippen LogP contribution < -0.4 is 10.9 Å². The van der Waals surface area contributed by atoms with Gasteiger partial charge in [-0.2, -0.15) is 5.10 Å². The summed E-state index contributed by atoms with van der Waals surface area (Å²) in [4.78, 5) is 12.2. The zero-order chi connectivity index (χ0) is 13.0. The molecule has 1 saturated carbocycles. The highest BCUT2D eigenvalue weighted by Gasteiger charge is 2.20. The van der Waals surface area contributed by atoms with Crippen LogP contribution in [0.4, 0.5) is 5.69 Å². The quantitative estimate of drug-likeness (QED) is 0.849. The molecule has 4 nitrogen and oxygen atoms in total. The van der Waals surface area contributed by atoms with E-state index in [2.05, 4.69) is 22.3 Å². The second-order valence-corrected chi connectivity index (χ2v) is 4.84. The highest BCUT2D eigenvalue weighted by Crippen LogP contribution is 2.27. The average Bonchev–Trinajstić information content (AvgIpc) is 2.30. The van der Waals surface area contributed by atoms with Crippen LogP contribution in [0, 0.1) is 17.8 Å². The van der Waals surface area contributed by atoms with Crippen LogP contribution in [0.25, 0.3) is 0 Å². The normalized spacial score (nSPS) is 14.6. The third-order valence-electron chi connectivity index (χ3n) is 3.18. The number of hydrogen-bond acceptors (Lipinski definition) is 3. The van der Waals surface area contributed by atoms with Crippen molar-refractivity contribution in [3.8, 4) is 11.8 Å². The number of nitrogens with one attached hydrogen (secondary N) is 1. The van der Waals surface area contributed by atoms with Gasteiger partial charge in [0.1, 0.15) is 5.69 Å². The summed E-state index contributed by atoms with van der Waals surface area (Å²) in [5, 5.41) is 7.39. The van der Waals surface area contributed by atoms with Gasteiger partial charge < -0.3 is 5.32 Å². The molecule has 0 spiro atoms. The van der Waals surface area contributed by atoms with Crippen LogP contribution in [0.3, 0.4) is 0 Å². The SMILES string of the molecule is CC#CCNc1c(Cl)cnn(CC2CCC2)c1=O. The fourth-order valence-electron chi connectivity index (χ4n) is 1.90. The van der Waals surface area contributed by atoms with Crippen LogP contribution in [0.2, 0.25) is 5.02 Å². The second-order valence-electron chi connectivity index (χ2n) is 4.43. The molecule has 96 valence electrons. The van der Waals surface area contributed by atoms with E-state index in [-0.39, 0.29) is 5.56 Å². The maximum absolute atomic E-state index is 12.2. The lowest BCUT2D eigenvalue weighted by Gasteiger charge is -2.25. The summed E-state index contributed by atoms with van der Waals surface area (Å²) in [5.74, 6) is 6.19. The van der Waals surface area contributed by atoms with Crippen LogP contribution in [0.1, 0.15) is 26.2 Å². The molecule has 0 aliphatic heterocycles. The van der Waals surface area contributed by atoms with Crippen molar-refractivity contribution >= 4 is 17.3 Å². The predicted octanol–water partition coefficient (Wildman–Crippen LogP) is 2.13. The van der Waals surface area contributed by atoms with Gasteiger partial charge in [0.15, 0.2) is 0 Å². The third kappa shape index (κ3) is 2.85. The smallest absolute Gasteiger partial charge is 0.291 e. The van der Waals surface area contributed by atoms with Crippen molar-refractivity contribution in [2.75, 3.05) is 11.9 Å². The van der Waals surface area contributed by atoms with E-state index < -0.39 is 0 Å². The van der Waals surface area contributed by atoms with Crippen LogP contribution in [0.5, 0.6) is 0 Å². The van der Waals surface area contributed by atoms with Gasteiger partial charge in [0.25, 0.3) is 5.56 Å². The third-order valence-corrected chi connectivity index (χ3v) is 3.47. The van der Waals surface area contributed by atoms with Crippen LogP contribution in [-0.4, -0.2) is 16.3 Å². The number of anilines is 1. The molecule has 5 heteroatoms. The molecule has 0 saturated heterocycles. The molecular formula is C13H16ClN3O. The van der Waals surface area contributed by atoms with E-state index >= 15 is 0 Å². The molecule has 2 rings (SSSR count). The summed E-state index contributed by atoms with van der Waals surface area (Å²) < 4.78 is 1.50. The lowest BCUT2D eigenvalue weighted by atomic mass is 9.85. The van der Waals surface area contributed by atoms with Gasteiger partial charge in [-0.05, 0) is 25.7 Å². The summed E-state index contributed by atoms with van der Waals surface area (Å²) in [7, 11) is 0. The van der Waals surface area contributed by atoms with E-state index in [4.69, 9.17) is 11.6 Å². The number of rotatable bonds is 4. The standard InChI is InChI=1S/C13H16ClN3O/c1-2-3-7-15-12-11(14)8-16-17(13(12)18)9-10-5-4-6-10/h8,10,15H,4-7,9H2,1H3. The van der Waals surface area contributed by atoms with E-state index in [0.29, 0.717) is 29.7 Å². The predicted molar refractivity (Wildman–Crippen MR) is 72.8 cm³/mol. The molecule has 1 heterocycles. The Bertz CT molecular complexity index is 537. The zero-order valence-corrected chi connectivity index (χ0v) is 11.1. The first-order valence-electron chi connectivity index (χ1n) is 6.11. The maximum atomic E-state index is 12.2. The Morgan fingerprint density at radius 2 is 2.39 bits per heavy atom. The maximum Gasteiger partial charge on any atom is 0.291 e. The molecule has 0 aromatic carbocycles. The number of nitrogens with zero attached hydrogens (tertiary/aromatic N) is 2. The Kier molecular flexibility index (Phi) is 4.27.